The molecule has 0 aliphatic carbocycles. The fourth-order valence-electron chi connectivity index (χ4n) is 2.56. The van der Waals surface area contributed by atoms with Crippen LogP contribution >= 0.6 is 0 Å². The van der Waals surface area contributed by atoms with E-state index in [9.17, 15) is 4.79 Å². The van der Waals surface area contributed by atoms with Crippen LogP contribution < -0.4 is 15.0 Å². The first-order valence-corrected chi connectivity index (χ1v) is 8.47. The van der Waals surface area contributed by atoms with Gasteiger partial charge in [0.05, 0.1) is 13.0 Å². The standard InChI is InChI=1S/C20H26N2O2/c1-4-22(5-2)17-11-12-19(16(3)15-17)21-20(23)13-14-24-18-9-7-6-8-10-18/h6-12,15H,4-5,13-14H2,1-3H3,(H,21,23). The highest BCUT2D eigenvalue weighted by Gasteiger charge is 2.08. The van der Waals surface area contributed by atoms with Crippen molar-refractivity contribution in [2.45, 2.75) is 27.2 Å². The van der Waals surface area contributed by atoms with Crippen LogP contribution in [0.2, 0.25) is 0 Å². The van der Waals surface area contributed by atoms with Gasteiger partial charge in [-0.1, -0.05) is 18.2 Å². The van der Waals surface area contributed by atoms with Crippen LogP contribution in [-0.4, -0.2) is 25.6 Å². The van der Waals surface area contributed by atoms with E-state index in [4.69, 9.17) is 4.74 Å². The molecular formula is C20H26N2O2. The molecule has 0 spiro atoms. The van der Waals surface area contributed by atoms with Crippen LogP contribution in [0.1, 0.15) is 25.8 Å². The number of benzene rings is 2. The first kappa shape index (κ1) is 17.9. The smallest absolute Gasteiger partial charge is 0.227 e. The van der Waals surface area contributed by atoms with Crippen LogP contribution in [-0.2, 0) is 4.79 Å². The zero-order valence-electron chi connectivity index (χ0n) is 14.7. The molecule has 0 heterocycles. The second-order valence-corrected chi connectivity index (χ2v) is 5.63. The van der Waals surface area contributed by atoms with Crippen molar-refractivity contribution < 1.29 is 9.53 Å². The molecule has 4 heteroatoms. The molecule has 0 aromatic heterocycles. The molecule has 0 saturated carbocycles. The minimum absolute atomic E-state index is 0.0374. The van der Waals surface area contributed by atoms with Gasteiger partial charge in [-0.2, -0.15) is 0 Å². The van der Waals surface area contributed by atoms with Gasteiger partial charge in [0.25, 0.3) is 0 Å². The molecule has 0 bridgehead atoms. The maximum Gasteiger partial charge on any atom is 0.227 e. The lowest BCUT2D eigenvalue weighted by molar-refractivity contribution is -0.116. The molecule has 24 heavy (non-hydrogen) atoms. The Morgan fingerprint density at radius 1 is 1.08 bits per heavy atom. The number of anilines is 2. The van der Waals surface area contributed by atoms with Gasteiger partial charge in [0.1, 0.15) is 5.75 Å². The maximum atomic E-state index is 12.1. The number of hydrogen-bond donors (Lipinski definition) is 1. The molecule has 0 fully saturated rings. The van der Waals surface area contributed by atoms with E-state index in [0.29, 0.717) is 13.0 Å². The van der Waals surface area contributed by atoms with Gasteiger partial charge in [0.15, 0.2) is 0 Å². The number of hydrogen-bond acceptors (Lipinski definition) is 3. The fraction of sp³-hybridized carbons (Fsp3) is 0.350. The molecule has 0 radical (unpaired) electrons. The number of nitrogens with zero attached hydrogens (tertiary/aromatic N) is 1. The third-order valence-corrected chi connectivity index (χ3v) is 3.95. The van der Waals surface area contributed by atoms with E-state index in [1.165, 1.54) is 5.69 Å². The van der Waals surface area contributed by atoms with E-state index >= 15 is 0 Å². The van der Waals surface area contributed by atoms with Crippen LogP contribution in [0.5, 0.6) is 5.75 Å². The average Bonchev–Trinajstić information content (AvgIpc) is 2.59. The molecule has 2 rings (SSSR count). The summed E-state index contributed by atoms with van der Waals surface area (Å²) < 4.78 is 5.56. The van der Waals surface area contributed by atoms with Gasteiger partial charge in [0.2, 0.25) is 5.91 Å². The molecule has 2 aromatic carbocycles. The summed E-state index contributed by atoms with van der Waals surface area (Å²) in [5.74, 6) is 0.745. The maximum absolute atomic E-state index is 12.1. The van der Waals surface area contributed by atoms with Crippen molar-refractivity contribution >= 4 is 17.3 Å². The number of nitrogens with one attached hydrogen (secondary N) is 1. The van der Waals surface area contributed by atoms with Crippen molar-refractivity contribution in [3.05, 3.63) is 54.1 Å². The molecule has 2 aromatic rings. The van der Waals surface area contributed by atoms with Crippen molar-refractivity contribution in [1.29, 1.82) is 0 Å². The second-order valence-electron chi connectivity index (χ2n) is 5.63. The number of amides is 1. The molecule has 4 nitrogen and oxygen atoms in total. The number of ether oxygens (including phenoxy) is 1. The summed E-state index contributed by atoms with van der Waals surface area (Å²) in [5, 5.41) is 2.96. The Kier molecular flexibility index (Phi) is 6.67. The van der Waals surface area contributed by atoms with E-state index in [2.05, 4.69) is 36.2 Å². The first-order valence-electron chi connectivity index (χ1n) is 8.47. The zero-order chi connectivity index (χ0) is 17.4. The highest BCUT2D eigenvalue weighted by Crippen LogP contribution is 2.22. The molecule has 0 saturated heterocycles. The van der Waals surface area contributed by atoms with Gasteiger partial charge in [-0.05, 0) is 56.7 Å². The molecule has 1 N–H and O–H groups in total. The van der Waals surface area contributed by atoms with Crippen molar-refractivity contribution in [2.75, 3.05) is 29.9 Å². The van der Waals surface area contributed by atoms with Crippen molar-refractivity contribution in [1.82, 2.24) is 0 Å². The Balaban J connectivity index is 1.87. The highest BCUT2D eigenvalue weighted by molar-refractivity contribution is 5.91. The third-order valence-electron chi connectivity index (χ3n) is 3.95. The number of carbonyl (C=O) groups excluding carboxylic acids is 1. The van der Waals surface area contributed by atoms with Crippen molar-refractivity contribution in [3.8, 4) is 5.75 Å². The van der Waals surface area contributed by atoms with Gasteiger partial charge >= 0.3 is 0 Å². The quantitative estimate of drug-likeness (QED) is 0.788. The van der Waals surface area contributed by atoms with Gasteiger partial charge in [-0.15, -0.1) is 0 Å². The first-order chi connectivity index (χ1) is 11.6. The predicted molar refractivity (Wildman–Crippen MR) is 99.9 cm³/mol. The number of aryl methyl sites for hydroxylation is 1. The van der Waals surface area contributed by atoms with Crippen LogP contribution in [0.4, 0.5) is 11.4 Å². The summed E-state index contributed by atoms with van der Waals surface area (Å²) >= 11 is 0. The lowest BCUT2D eigenvalue weighted by Gasteiger charge is -2.22. The highest BCUT2D eigenvalue weighted by atomic mass is 16.5. The Labute approximate surface area is 144 Å². The lowest BCUT2D eigenvalue weighted by atomic mass is 10.1. The lowest BCUT2D eigenvalue weighted by Crippen LogP contribution is -2.22. The summed E-state index contributed by atoms with van der Waals surface area (Å²) in [7, 11) is 0. The van der Waals surface area contributed by atoms with Gasteiger partial charge in [-0.3, -0.25) is 4.79 Å². The molecule has 128 valence electrons. The minimum atomic E-state index is -0.0374. The predicted octanol–water partition coefficient (Wildman–Crippen LogP) is 4.25. The summed E-state index contributed by atoms with van der Waals surface area (Å²) in [5.41, 5.74) is 3.11. The zero-order valence-corrected chi connectivity index (χ0v) is 14.7. The summed E-state index contributed by atoms with van der Waals surface area (Å²) in [6.07, 6.45) is 0.326. The van der Waals surface area contributed by atoms with E-state index < -0.39 is 0 Å². The van der Waals surface area contributed by atoms with Crippen LogP contribution in [0.15, 0.2) is 48.5 Å². The summed E-state index contributed by atoms with van der Waals surface area (Å²) in [6, 6.07) is 15.7. The number of rotatable bonds is 8. The normalized spacial score (nSPS) is 10.3. The Morgan fingerprint density at radius 3 is 2.42 bits per heavy atom. The number of carbonyl (C=O) groups is 1. The van der Waals surface area contributed by atoms with E-state index in [1.807, 2.05) is 43.3 Å². The molecule has 0 unspecified atom stereocenters. The van der Waals surface area contributed by atoms with Gasteiger partial charge in [0, 0.05) is 24.5 Å². The average molecular weight is 326 g/mol. The van der Waals surface area contributed by atoms with Crippen LogP contribution in [0.3, 0.4) is 0 Å². The Hall–Kier alpha value is -2.49. The monoisotopic (exact) mass is 326 g/mol. The van der Waals surface area contributed by atoms with Crippen molar-refractivity contribution in [3.63, 3.8) is 0 Å². The molecule has 0 aliphatic rings. The van der Waals surface area contributed by atoms with Gasteiger partial charge in [-0.25, -0.2) is 0 Å². The SMILES string of the molecule is CCN(CC)c1ccc(NC(=O)CCOc2ccccc2)c(C)c1. The second kappa shape index (κ2) is 8.96. The minimum Gasteiger partial charge on any atom is -0.493 e. The third kappa shape index (κ3) is 5.01. The Bertz CT molecular complexity index is 652. The fourth-order valence-corrected chi connectivity index (χ4v) is 2.56. The van der Waals surface area contributed by atoms with Crippen molar-refractivity contribution in [2.24, 2.45) is 0 Å². The molecule has 0 aliphatic heterocycles. The summed E-state index contributed by atoms with van der Waals surface area (Å²) in [4.78, 5) is 14.4. The van der Waals surface area contributed by atoms with E-state index in [-0.39, 0.29) is 5.91 Å². The van der Waals surface area contributed by atoms with E-state index in [0.717, 1.165) is 30.1 Å². The number of para-hydroxylation sites is 1. The van der Waals surface area contributed by atoms with Crippen LogP contribution in [0.25, 0.3) is 0 Å². The van der Waals surface area contributed by atoms with Gasteiger partial charge < -0.3 is 15.0 Å². The van der Waals surface area contributed by atoms with E-state index in [1.54, 1.807) is 0 Å². The Morgan fingerprint density at radius 2 is 1.79 bits per heavy atom. The molecule has 1 amide bonds. The largest absolute Gasteiger partial charge is 0.493 e. The summed E-state index contributed by atoms with van der Waals surface area (Å²) in [6.45, 7) is 8.61. The topological polar surface area (TPSA) is 41.6 Å². The molecular weight excluding hydrogens is 300 g/mol. The molecule has 0 atom stereocenters. The van der Waals surface area contributed by atoms with Crippen LogP contribution in [0, 0.1) is 6.92 Å².